The van der Waals surface area contributed by atoms with Crippen molar-refractivity contribution in [3.05, 3.63) is 47.5 Å². The summed E-state index contributed by atoms with van der Waals surface area (Å²) >= 11 is 1.36. The van der Waals surface area contributed by atoms with Crippen LogP contribution in [0.3, 0.4) is 0 Å². The van der Waals surface area contributed by atoms with Gasteiger partial charge >= 0.3 is 13.6 Å². The maximum Gasteiger partial charge on any atom is 0.357 e. The number of nitrogens with one attached hydrogen (secondary N) is 1. The van der Waals surface area contributed by atoms with E-state index in [1.54, 1.807) is 33.1 Å². The number of aromatic nitrogens is 1. The van der Waals surface area contributed by atoms with E-state index >= 15 is 0 Å². The van der Waals surface area contributed by atoms with Gasteiger partial charge in [-0.25, -0.2) is 9.78 Å². The van der Waals surface area contributed by atoms with Gasteiger partial charge in [0.15, 0.2) is 10.9 Å². The Kier molecular flexibility index (Phi) is 7.73. The number of benzene rings is 2. The summed E-state index contributed by atoms with van der Waals surface area (Å²) in [5.74, 6) is -1.30. The minimum atomic E-state index is -3.75. The lowest BCUT2D eigenvalue weighted by atomic mass is 10.1. The second kappa shape index (κ2) is 10.3. The number of fused-ring (bicyclic) bond motifs is 1. The number of phenols is 1. The van der Waals surface area contributed by atoms with Gasteiger partial charge in [0, 0.05) is 6.07 Å². The quantitative estimate of drug-likeness (QED) is 0.299. The van der Waals surface area contributed by atoms with Gasteiger partial charge in [-0.2, -0.15) is 0 Å². The van der Waals surface area contributed by atoms with E-state index in [1.165, 1.54) is 30.6 Å². The molecule has 32 heavy (non-hydrogen) atoms. The smallest absolute Gasteiger partial charge is 0.357 e. The number of anilines is 1. The molecule has 0 radical (unpaired) electrons. The lowest BCUT2D eigenvalue weighted by molar-refractivity contribution is 0.0597. The van der Waals surface area contributed by atoms with E-state index in [-0.39, 0.29) is 24.5 Å². The molecule has 2 N–H and O–H groups in total. The van der Waals surface area contributed by atoms with Gasteiger partial charge < -0.3 is 28.9 Å². The van der Waals surface area contributed by atoms with Crippen molar-refractivity contribution < 1.29 is 33.0 Å². The summed E-state index contributed by atoms with van der Waals surface area (Å²) in [5, 5.41) is 13.7. The van der Waals surface area contributed by atoms with Crippen LogP contribution in [-0.4, -0.2) is 43.5 Å². The fourth-order valence-corrected chi connectivity index (χ4v) is 5.96. The Bertz CT molecular complexity index is 1140. The number of carbonyl (C=O) groups is 1. The third-order valence-corrected chi connectivity index (χ3v) is 7.79. The Labute approximate surface area is 189 Å². The van der Waals surface area contributed by atoms with E-state index in [2.05, 4.69) is 10.3 Å². The van der Waals surface area contributed by atoms with E-state index < -0.39 is 19.3 Å². The van der Waals surface area contributed by atoms with Crippen molar-refractivity contribution in [2.24, 2.45) is 0 Å². The van der Waals surface area contributed by atoms with Gasteiger partial charge in [-0.15, -0.1) is 0 Å². The van der Waals surface area contributed by atoms with Crippen molar-refractivity contribution in [1.82, 2.24) is 4.98 Å². The summed E-state index contributed by atoms with van der Waals surface area (Å²) in [5.41, 5.74) is 1.05. The van der Waals surface area contributed by atoms with Crippen LogP contribution in [0.2, 0.25) is 0 Å². The molecule has 1 atom stereocenters. The highest BCUT2D eigenvalue weighted by atomic mass is 32.1. The maximum absolute atomic E-state index is 13.7. The third-order valence-electron chi connectivity index (χ3n) is 4.53. The van der Waals surface area contributed by atoms with Crippen LogP contribution in [0.25, 0.3) is 10.2 Å². The number of hydrogen-bond donors (Lipinski definition) is 2. The third kappa shape index (κ3) is 5.05. The molecule has 0 aliphatic rings. The lowest BCUT2D eigenvalue weighted by Crippen LogP contribution is -2.16. The highest BCUT2D eigenvalue weighted by Gasteiger charge is 2.38. The highest BCUT2D eigenvalue weighted by molar-refractivity contribution is 7.54. The molecule has 0 aliphatic carbocycles. The molecule has 172 valence electrons. The summed E-state index contributed by atoms with van der Waals surface area (Å²) in [6.45, 7) is 3.72. The van der Waals surface area contributed by atoms with Crippen LogP contribution in [-0.2, 0) is 18.3 Å². The fourth-order valence-electron chi connectivity index (χ4n) is 3.10. The van der Waals surface area contributed by atoms with Gasteiger partial charge in [0.05, 0.1) is 37.6 Å². The first-order chi connectivity index (χ1) is 15.3. The number of thiazole rings is 1. The van der Waals surface area contributed by atoms with E-state index in [1.807, 2.05) is 12.1 Å². The zero-order chi connectivity index (χ0) is 23.3. The Morgan fingerprint density at radius 3 is 2.50 bits per heavy atom. The minimum absolute atomic E-state index is 0.0645. The van der Waals surface area contributed by atoms with Crippen LogP contribution in [0.1, 0.15) is 35.6 Å². The Hall–Kier alpha value is -2.65. The first-order valence-corrected chi connectivity index (χ1v) is 12.3. The van der Waals surface area contributed by atoms with Crippen LogP contribution in [0.4, 0.5) is 5.13 Å². The molecule has 0 saturated carbocycles. The lowest BCUT2D eigenvalue weighted by Gasteiger charge is -2.27. The van der Waals surface area contributed by atoms with Gasteiger partial charge in [0.25, 0.3) is 0 Å². The Morgan fingerprint density at radius 2 is 1.88 bits per heavy atom. The number of phenolic OH excluding ortho intramolecular Hbond substituents is 1. The standard InChI is InChI=1S/C21H25N2O7PS/c1-5-29-31(26,30-6-2)19(13-7-9-17(24)15(11-13)20(25)28-4)23-21-22-16-12-14(27-3)8-10-18(16)32-21/h7-12,19,24H,5-6H2,1-4H3,(H,22,23)/t19-/m1/s1. The predicted octanol–water partition coefficient (Wildman–Crippen LogP) is 5.17. The highest BCUT2D eigenvalue weighted by Crippen LogP contribution is 2.61. The molecule has 1 aromatic heterocycles. The fraction of sp³-hybridized carbons (Fsp3) is 0.333. The molecule has 0 unspecified atom stereocenters. The van der Waals surface area contributed by atoms with Gasteiger partial charge in [-0.3, -0.25) is 4.57 Å². The largest absolute Gasteiger partial charge is 0.507 e. The number of ether oxygens (including phenoxy) is 2. The van der Waals surface area contributed by atoms with Crippen molar-refractivity contribution in [3.8, 4) is 11.5 Å². The van der Waals surface area contributed by atoms with Crippen LogP contribution in [0, 0.1) is 0 Å². The second-order valence-corrected chi connectivity index (χ2v) is 9.69. The van der Waals surface area contributed by atoms with Crippen molar-refractivity contribution in [3.63, 3.8) is 0 Å². The number of aromatic hydroxyl groups is 1. The van der Waals surface area contributed by atoms with E-state index in [0.29, 0.717) is 22.0 Å². The molecular weight excluding hydrogens is 455 g/mol. The number of hydrogen-bond acceptors (Lipinski definition) is 10. The van der Waals surface area contributed by atoms with E-state index in [0.717, 1.165) is 4.70 Å². The topological polar surface area (TPSA) is 116 Å². The van der Waals surface area contributed by atoms with Crippen molar-refractivity contribution >= 4 is 40.3 Å². The van der Waals surface area contributed by atoms with Crippen molar-refractivity contribution in [1.29, 1.82) is 0 Å². The first-order valence-electron chi connectivity index (χ1n) is 9.86. The molecule has 3 rings (SSSR count). The molecule has 0 aliphatic heterocycles. The zero-order valence-electron chi connectivity index (χ0n) is 18.2. The van der Waals surface area contributed by atoms with Gasteiger partial charge in [0.1, 0.15) is 17.1 Å². The summed E-state index contributed by atoms with van der Waals surface area (Å²) in [6, 6.07) is 9.79. The van der Waals surface area contributed by atoms with Gasteiger partial charge in [-0.1, -0.05) is 17.4 Å². The molecular formula is C21H25N2O7PS. The van der Waals surface area contributed by atoms with Crippen LogP contribution >= 0.6 is 18.9 Å². The normalized spacial score (nSPS) is 12.5. The van der Waals surface area contributed by atoms with Crippen molar-refractivity contribution in [2.45, 2.75) is 19.6 Å². The molecule has 9 nitrogen and oxygen atoms in total. The summed E-state index contributed by atoms with van der Waals surface area (Å²) in [6.07, 6.45) is 0. The maximum atomic E-state index is 13.7. The number of esters is 1. The molecule has 3 aromatic rings. The molecule has 0 spiro atoms. The number of rotatable bonds is 10. The Balaban J connectivity index is 2.09. The van der Waals surface area contributed by atoms with Crippen LogP contribution in [0.15, 0.2) is 36.4 Å². The Morgan fingerprint density at radius 1 is 1.16 bits per heavy atom. The second-order valence-electron chi connectivity index (χ2n) is 6.54. The first kappa shape index (κ1) is 24.0. The van der Waals surface area contributed by atoms with Gasteiger partial charge in [-0.05, 0) is 43.7 Å². The van der Waals surface area contributed by atoms with Gasteiger partial charge in [0.2, 0.25) is 0 Å². The molecule has 0 bridgehead atoms. The monoisotopic (exact) mass is 480 g/mol. The summed E-state index contributed by atoms with van der Waals surface area (Å²) in [7, 11) is -0.962. The minimum Gasteiger partial charge on any atom is -0.507 e. The predicted molar refractivity (Wildman–Crippen MR) is 123 cm³/mol. The molecule has 2 aromatic carbocycles. The average molecular weight is 480 g/mol. The summed E-state index contributed by atoms with van der Waals surface area (Å²) in [4.78, 5) is 16.7. The molecule has 0 fully saturated rings. The molecule has 0 saturated heterocycles. The average Bonchev–Trinajstić information content (AvgIpc) is 3.19. The summed E-state index contributed by atoms with van der Waals surface area (Å²) < 4.78 is 35.8. The van der Waals surface area contributed by atoms with Crippen LogP contribution in [0.5, 0.6) is 11.5 Å². The number of nitrogens with zero attached hydrogens (tertiary/aromatic N) is 1. The number of methoxy groups -OCH3 is 2. The molecule has 1 heterocycles. The molecule has 11 heteroatoms. The SMILES string of the molecule is CCOP(=O)(OCC)[C@@H](Nc1nc2cc(OC)ccc2s1)c1ccc(O)c(C(=O)OC)c1. The molecule has 0 amide bonds. The van der Waals surface area contributed by atoms with E-state index in [4.69, 9.17) is 18.5 Å². The van der Waals surface area contributed by atoms with Crippen LogP contribution < -0.4 is 10.1 Å². The van der Waals surface area contributed by atoms with E-state index in [9.17, 15) is 14.5 Å². The van der Waals surface area contributed by atoms with Crippen molar-refractivity contribution in [2.75, 3.05) is 32.8 Å². The number of carbonyl (C=O) groups excluding carboxylic acids is 1. The zero-order valence-corrected chi connectivity index (χ0v) is 19.9.